The zero-order valence-corrected chi connectivity index (χ0v) is 14.2. The normalized spacial score (nSPS) is 23.2. The second-order valence-electron chi connectivity index (χ2n) is 6.65. The van der Waals surface area contributed by atoms with Gasteiger partial charge in [0.25, 0.3) is 0 Å². The Hall–Kier alpha value is -1.40. The molecule has 0 saturated carbocycles. The van der Waals surface area contributed by atoms with E-state index in [4.69, 9.17) is 9.26 Å². The number of aromatic nitrogens is 1. The lowest BCUT2D eigenvalue weighted by atomic mass is 10.1. The molecule has 0 N–H and O–H groups in total. The zero-order chi connectivity index (χ0) is 16.2. The van der Waals surface area contributed by atoms with Gasteiger partial charge in [-0.2, -0.15) is 0 Å². The van der Waals surface area contributed by atoms with Gasteiger partial charge < -0.3 is 14.2 Å². The second-order valence-corrected chi connectivity index (χ2v) is 6.65. The van der Waals surface area contributed by atoms with E-state index in [1.165, 1.54) is 12.8 Å². The molecule has 0 spiro atoms. The van der Waals surface area contributed by atoms with E-state index < -0.39 is 0 Å². The Bertz CT molecular complexity index is 518. The van der Waals surface area contributed by atoms with Crippen LogP contribution in [-0.4, -0.2) is 66.3 Å². The van der Waals surface area contributed by atoms with Crippen LogP contribution in [-0.2, 0) is 16.0 Å². The average Bonchev–Trinajstić information content (AvgIpc) is 3.07. The quantitative estimate of drug-likeness (QED) is 0.842. The molecule has 0 aliphatic carbocycles. The fraction of sp³-hybridized carbons (Fsp3) is 0.765. The number of nitrogens with zero attached hydrogens (tertiary/aromatic N) is 3. The van der Waals surface area contributed by atoms with E-state index in [-0.39, 0.29) is 5.91 Å². The Balaban J connectivity index is 1.51. The van der Waals surface area contributed by atoms with Crippen molar-refractivity contribution in [3.8, 4) is 0 Å². The summed E-state index contributed by atoms with van der Waals surface area (Å²) in [7, 11) is 0. The third-order valence-corrected chi connectivity index (χ3v) is 4.94. The van der Waals surface area contributed by atoms with Gasteiger partial charge in [-0.25, -0.2) is 0 Å². The standard InChI is InChI=1S/C17H27N3O3/c1-13-16(14(2)23-18-13)11-17(21)20-7-4-6-19(8-9-20)12-15-5-3-10-22-15/h15H,3-12H2,1-2H3/t15-/m1/s1. The van der Waals surface area contributed by atoms with Crippen molar-refractivity contribution in [3.63, 3.8) is 0 Å². The molecule has 23 heavy (non-hydrogen) atoms. The predicted molar refractivity (Wildman–Crippen MR) is 86.3 cm³/mol. The fourth-order valence-corrected chi connectivity index (χ4v) is 3.50. The van der Waals surface area contributed by atoms with E-state index in [9.17, 15) is 4.79 Å². The molecule has 0 radical (unpaired) electrons. The van der Waals surface area contributed by atoms with Crippen LogP contribution in [0.3, 0.4) is 0 Å². The van der Waals surface area contributed by atoms with Crippen LogP contribution in [0.1, 0.15) is 36.3 Å². The van der Waals surface area contributed by atoms with Crippen molar-refractivity contribution in [1.29, 1.82) is 0 Å². The smallest absolute Gasteiger partial charge is 0.227 e. The van der Waals surface area contributed by atoms with Crippen LogP contribution in [0.5, 0.6) is 0 Å². The van der Waals surface area contributed by atoms with Crippen molar-refractivity contribution >= 4 is 5.91 Å². The first-order valence-electron chi connectivity index (χ1n) is 8.67. The minimum atomic E-state index is 0.179. The van der Waals surface area contributed by atoms with Crippen LogP contribution in [0.25, 0.3) is 0 Å². The highest BCUT2D eigenvalue weighted by Gasteiger charge is 2.24. The topological polar surface area (TPSA) is 58.8 Å². The number of hydrogen-bond acceptors (Lipinski definition) is 5. The first-order valence-corrected chi connectivity index (χ1v) is 8.67. The van der Waals surface area contributed by atoms with E-state index in [2.05, 4.69) is 10.1 Å². The molecule has 0 aromatic carbocycles. The van der Waals surface area contributed by atoms with Crippen molar-refractivity contribution in [2.24, 2.45) is 0 Å². The molecular weight excluding hydrogens is 294 g/mol. The van der Waals surface area contributed by atoms with Crippen molar-refractivity contribution < 1.29 is 14.1 Å². The summed E-state index contributed by atoms with van der Waals surface area (Å²) in [5, 5.41) is 3.93. The molecule has 2 aliphatic rings. The highest BCUT2D eigenvalue weighted by molar-refractivity contribution is 5.79. The highest BCUT2D eigenvalue weighted by Crippen LogP contribution is 2.17. The second kappa shape index (κ2) is 7.45. The van der Waals surface area contributed by atoms with Gasteiger partial charge in [-0.1, -0.05) is 5.16 Å². The van der Waals surface area contributed by atoms with E-state index in [0.717, 1.165) is 62.8 Å². The third kappa shape index (κ3) is 4.12. The van der Waals surface area contributed by atoms with Crippen LogP contribution < -0.4 is 0 Å². The molecule has 0 unspecified atom stereocenters. The number of carbonyl (C=O) groups excluding carboxylic acids is 1. The lowest BCUT2D eigenvalue weighted by Crippen LogP contribution is -2.38. The molecule has 1 aromatic rings. The molecule has 1 atom stereocenters. The van der Waals surface area contributed by atoms with Crippen LogP contribution >= 0.6 is 0 Å². The monoisotopic (exact) mass is 321 g/mol. The van der Waals surface area contributed by atoms with Gasteiger partial charge in [0.2, 0.25) is 5.91 Å². The number of ether oxygens (including phenoxy) is 1. The summed E-state index contributed by atoms with van der Waals surface area (Å²) in [5.41, 5.74) is 1.76. The maximum Gasteiger partial charge on any atom is 0.227 e. The molecule has 128 valence electrons. The van der Waals surface area contributed by atoms with Gasteiger partial charge in [0.05, 0.1) is 18.2 Å². The van der Waals surface area contributed by atoms with Gasteiger partial charge in [0.15, 0.2) is 0 Å². The maximum atomic E-state index is 12.6. The summed E-state index contributed by atoms with van der Waals surface area (Å²) < 4.78 is 10.9. The Morgan fingerprint density at radius 1 is 1.22 bits per heavy atom. The van der Waals surface area contributed by atoms with Gasteiger partial charge in [0, 0.05) is 38.3 Å². The van der Waals surface area contributed by atoms with Crippen LogP contribution in [0, 0.1) is 13.8 Å². The van der Waals surface area contributed by atoms with Crippen molar-refractivity contribution in [2.75, 3.05) is 39.3 Å². The van der Waals surface area contributed by atoms with Crippen molar-refractivity contribution in [2.45, 2.75) is 45.6 Å². The molecule has 2 fully saturated rings. The minimum absolute atomic E-state index is 0.179. The maximum absolute atomic E-state index is 12.6. The molecule has 0 bridgehead atoms. The first-order chi connectivity index (χ1) is 11.1. The SMILES string of the molecule is Cc1noc(C)c1CC(=O)N1CCCN(C[C@H]2CCCO2)CC1. The van der Waals surface area contributed by atoms with E-state index >= 15 is 0 Å². The summed E-state index contributed by atoms with van der Waals surface area (Å²) in [6, 6.07) is 0. The number of carbonyl (C=O) groups is 1. The van der Waals surface area contributed by atoms with Gasteiger partial charge in [-0.05, 0) is 39.7 Å². The Labute approximate surface area is 137 Å². The molecule has 3 rings (SSSR count). The summed E-state index contributed by atoms with van der Waals surface area (Å²) >= 11 is 0. The highest BCUT2D eigenvalue weighted by atomic mass is 16.5. The first kappa shape index (κ1) is 16.5. The number of rotatable bonds is 4. The number of hydrogen-bond donors (Lipinski definition) is 0. The van der Waals surface area contributed by atoms with Gasteiger partial charge in [-0.3, -0.25) is 9.69 Å². The average molecular weight is 321 g/mol. The third-order valence-electron chi connectivity index (χ3n) is 4.94. The predicted octanol–water partition coefficient (Wildman–Crippen LogP) is 1.55. The lowest BCUT2D eigenvalue weighted by molar-refractivity contribution is -0.130. The van der Waals surface area contributed by atoms with Crippen molar-refractivity contribution in [3.05, 3.63) is 17.0 Å². The van der Waals surface area contributed by atoms with Gasteiger partial charge in [0.1, 0.15) is 5.76 Å². The Morgan fingerprint density at radius 3 is 2.78 bits per heavy atom. The van der Waals surface area contributed by atoms with Crippen LogP contribution in [0.4, 0.5) is 0 Å². The summed E-state index contributed by atoms with van der Waals surface area (Å²) in [5.74, 6) is 0.934. The lowest BCUT2D eigenvalue weighted by Gasteiger charge is -2.24. The molecule has 6 nitrogen and oxygen atoms in total. The van der Waals surface area contributed by atoms with Crippen LogP contribution in [0.15, 0.2) is 4.52 Å². The zero-order valence-electron chi connectivity index (χ0n) is 14.2. The van der Waals surface area contributed by atoms with Crippen molar-refractivity contribution in [1.82, 2.24) is 15.0 Å². The fourth-order valence-electron chi connectivity index (χ4n) is 3.50. The number of amides is 1. The molecular formula is C17H27N3O3. The molecule has 2 aliphatic heterocycles. The Kier molecular flexibility index (Phi) is 5.33. The van der Waals surface area contributed by atoms with E-state index in [1.54, 1.807) is 0 Å². The molecule has 1 aromatic heterocycles. The number of aryl methyl sites for hydroxylation is 2. The van der Waals surface area contributed by atoms with Crippen LogP contribution in [0.2, 0.25) is 0 Å². The van der Waals surface area contributed by atoms with E-state index in [0.29, 0.717) is 12.5 Å². The minimum Gasteiger partial charge on any atom is -0.377 e. The van der Waals surface area contributed by atoms with Gasteiger partial charge in [-0.15, -0.1) is 0 Å². The molecule has 6 heteroatoms. The Morgan fingerprint density at radius 2 is 2.09 bits per heavy atom. The summed E-state index contributed by atoms with van der Waals surface area (Å²) in [6.07, 6.45) is 4.16. The summed E-state index contributed by atoms with van der Waals surface area (Å²) in [6.45, 7) is 9.30. The summed E-state index contributed by atoms with van der Waals surface area (Å²) in [4.78, 5) is 17.0. The van der Waals surface area contributed by atoms with Gasteiger partial charge >= 0.3 is 0 Å². The molecule has 2 saturated heterocycles. The largest absolute Gasteiger partial charge is 0.377 e. The molecule has 1 amide bonds. The van der Waals surface area contributed by atoms with E-state index in [1.807, 2.05) is 18.7 Å². The molecule has 3 heterocycles.